The Morgan fingerprint density at radius 3 is 3.12 bits per heavy atom. The van der Waals surface area contributed by atoms with Gasteiger partial charge < -0.3 is 9.32 Å². The second-order valence-corrected chi connectivity index (χ2v) is 7.07. The molecule has 0 N–H and O–H groups in total. The molecule has 24 heavy (non-hydrogen) atoms. The predicted octanol–water partition coefficient (Wildman–Crippen LogP) is 3.21. The normalized spacial score (nSPS) is 17.5. The van der Waals surface area contributed by atoms with Gasteiger partial charge in [-0.05, 0) is 37.5 Å². The smallest absolute Gasteiger partial charge is 0.265 e. The number of hydrogen-bond acceptors (Lipinski definition) is 5. The molecule has 1 saturated heterocycles. The van der Waals surface area contributed by atoms with Crippen molar-refractivity contribution in [2.75, 3.05) is 6.54 Å². The van der Waals surface area contributed by atoms with Crippen LogP contribution in [0.3, 0.4) is 0 Å². The molecule has 3 aromatic rings. The number of aryl methyl sites for hydroxylation is 1. The molecule has 3 aromatic heterocycles. The van der Waals surface area contributed by atoms with Crippen LogP contribution in [0.1, 0.15) is 28.1 Å². The number of furan rings is 1. The zero-order valence-electron chi connectivity index (χ0n) is 13.4. The molecule has 4 heterocycles. The van der Waals surface area contributed by atoms with E-state index < -0.39 is 0 Å². The highest BCUT2D eigenvalue weighted by molar-refractivity contribution is 7.16. The van der Waals surface area contributed by atoms with Gasteiger partial charge in [0.2, 0.25) is 0 Å². The minimum atomic E-state index is 0.0525. The Labute approximate surface area is 143 Å². The van der Waals surface area contributed by atoms with Crippen LogP contribution in [0.4, 0.5) is 0 Å². The first-order valence-electron chi connectivity index (χ1n) is 8.00. The van der Waals surface area contributed by atoms with Gasteiger partial charge in [-0.1, -0.05) is 0 Å². The highest BCUT2D eigenvalue weighted by Gasteiger charge is 2.31. The molecule has 0 aromatic carbocycles. The molecule has 0 saturated carbocycles. The largest absolute Gasteiger partial charge is 0.462 e. The summed E-state index contributed by atoms with van der Waals surface area (Å²) >= 11 is 1.38. The number of carbonyl (C=O) groups excluding carboxylic acids is 1. The summed E-state index contributed by atoms with van der Waals surface area (Å²) in [5.41, 5.74) is 1.14. The average Bonchev–Trinajstić information content (AvgIpc) is 3.35. The average molecular weight is 342 g/mol. The van der Waals surface area contributed by atoms with Crippen molar-refractivity contribution < 1.29 is 9.21 Å². The lowest BCUT2D eigenvalue weighted by Gasteiger charge is -2.24. The molecule has 1 amide bonds. The van der Waals surface area contributed by atoms with E-state index in [0.29, 0.717) is 10.6 Å². The van der Waals surface area contributed by atoms with Gasteiger partial charge in [0.25, 0.3) is 5.91 Å². The maximum atomic E-state index is 12.9. The molecular formula is C17H18N4O2S. The van der Waals surface area contributed by atoms with Crippen LogP contribution in [0.15, 0.2) is 41.4 Å². The molecule has 124 valence electrons. The maximum Gasteiger partial charge on any atom is 0.265 e. The summed E-state index contributed by atoms with van der Waals surface area (Å²) in [7, 11) is 0. The van der Waals surface area contributed by atoms with E-state index in [1.807, 2.05) is 41.0 Å². The summed E-state index contributed by atoms with van der Waals surface area (Å²) in [5, 5.41) is 5.08. The first kappa shape index (κ1) is 15.1. The Hall–Kier alpha value is -2.41. The number of thiazole rings is 1. The summed E-state index contributed by atoms with van der Waals surface area (Å²) in [4.78, 5) is 19.8. The lowest BCUT2D eigenvalue weighted by molar-refractivity contribution is 0.0726. The standard InChI is InChI=1S/C17H18N4O2S/c1-12-8-19-20(10-12)11-13-4-2-6-21(13)17(22)15-9-18-16(24-15)14-5-3-7-23-14/h3,5,7-10,13H,2,4,6,11H2,1H3/t13-/m0/s1. The first-order chi connectivity index (χ1) is 11.7. The lowest BCUT2D eigenvalue weighted by atomic mass is 10.2. The van der Waals surface area contributed by atoms with Crippen molar-refractivity contribution in [3.05, 3.63) is 47.4 Å². The number of aromatic nitrogens is 3. The van der Waals surface area contributed by atoms with Gasteiger partial charge in [-0.25, -0.2) is 4.98 Å². The maximum absolute atomic E-state index is 12.9. The number of rotatable bonds is 4. The fraction of sp³-hybridized carbons (Fsp3) is 0.353. The number of hydrogen-bond donors (Lipinski definition) is 0. The van der Waals surface area contributed by atoms with E-state index in [-0.39, 0.29) is 11.9 Å². The zero-order valence-corrected chi connectivity index (χ0v) is 14.2. The van der Waals surface area contributed by atoms with Crippen molar-refractivity contribution in [2.24, 2.45) is 0 Å². The molecule has 4 rings (SSSR count). The second-order valence-electron chi connectivity index (χ2n) is 6.04. The molecule has 1 aliphatic heterocycles. The third kappa shape index (κ3) is 2.87. The van der Waals surface area contributed by atoms with E-state index in [0.717, 1.165) is 36.5 Å². The van der Waals surface area contributed by atoms with Crippen molar-refractivity contribution in [3.63, 3.8) is 0 Å². The van der Waals surface area contributed by atoms with E-state index in [1.54, 1.807) is 12.5 Å². The van der Waals surface area contributed by atoms with Crippen LogP contribution in [0.5, 0.6) is 0 Å². The lowest BCUT2D eigenvalue weighted by Crippen LogP contribution is -2.37. The van der Waals surface area contributed by atoms with Crippen LogP contribution in [-0.2, 0) is 6.54 Å². The van der Waals surface area contributed by atoms with Gasteiger partial charge in [0, 0.05) is 12.7 Å². The summed E-state index contributed by atoms with van der Waals surface area (Å²) in [6, 6.07) is 3.86. The minimum absolute atomic E-state index is 0.0525. The quantitative estimate of drug-likeness (QED) is 0.730. The molecule has 1 aliphatic rings. The number of nitrogens with zero attached hydrogens (tertiary/aromatic N) is 4. The van der Waals surface area contributed by atoms with Crippen LogP contribution in [-0.4, -0.2) is 38.2 Å². The van der Waals surface area contributed by atoms with Crippen LogP contribution in [0.2, 0.25) is 0 Å². The van der Waals surface area contributed by atoms with Gasteiger partial charge in [0.15, 0.2) is 10.8 Å². The fourth-order valence-corrected chi connectivity index (χ4v) is 3.94. The van der Waals surface area contributed by atoms with Crippen LogP contribution >= 0.6 is 11.3 Å². The third-order valence-electron chi connectivity index (χ3n) is 4.25. The third-order valence-corrected chi connectivity index (χ3v) is 5.25. The Bertz CT molecular complexity index is 837. The monoisotopic (exact) mass is 342 g/mol. The Morgan fingerprint density at radius 2 is 2.38 bits per heavy atom. The molecule has 0 aliphatic carbocycles. The molecule has 7 heteroatoms. The van der Waals surface area contributed by atoms with E-state index >= 15 is 0 Å². The Kier molecular flexibility index (Phi) is 3.93. The van der Waals surface area contributed by atoms with E-state index in [4.69, 9.17) is 4.42 Å². The molecule has 6 nitrogen and oxygen atoms in total. The van der Waals surface area contributed by atoms with Gasteiger partial charge in [-0.2, -0.15) is 5.10 Å². The number of carbonyl (C=O) groups is 1. The van der Waals surface area contributed by atoms with Crippen molar-refractivity contribution in [3.8, 4) is 10.8 Å². The van der Waals surface area contributed by atoms with Crippen LogP contribution in [0.25, 0.3) is 10.8 Å². The summed E-state index contributed by atoms with van der Waals surface area (Å²) in [5.74, 6) is 0.751. The van der Waals surface area contributed by atoms with E-state index in [9.17, 15) is 4.79 Å². The Balaban J connectivity index is 1.50. The SMILES string of the molecule is Cc1cnn(C[C@@H]2CCCN2C(=O)c2cnc(-c3ccco3)s2)c1. The van der Waals surface area contributed by atoms with E-state index in [1.165, 1.54) is 11.3 Å². The van der Waals surface area contributed by atoms with Gasteiger partial charge in [0.05, 0.1) is 31.2 Å². The van der Waals surface area contributed by atoms with Gasteiger partial charge in [0.1, 0.15) is 4.88 Å². The predicted molar refractivity (Wildman–Crippen MR) is 90.8 cm³/mol. The number of likely N-dealkylation sites (tertiary alicyclic amines) is 1. The molecule has 0 bridgehead atoms. The van der Waals surface area contributed by atoms with Crippen molar-refractivity contribution in [1.82, 2.24) is 19.7 Å². The first-order valence-corrected chi connectivity index (χ1v) is 8.82. The molecule has 0 spiro atoms. The summed E-state index contributed by atoms with van der Waals surface area (Å²) < 4.78 is 7.28. The highest BCUT2D eigenvalue weighted by atomic mass is 32.1. The summed E-state index contributed by atoms with van der Waals surface area (Å²) in [6.45, 7) is 3.55. The molecule has 0 unspecified atom stereocenters. The van der Waals surface area contributed by atoms with Crippen molar-refractivity contribution in [1.29, 1.82) is 0 Å². The van der Waals surface area contributed by atoms with Crippen LogP contribution in [0, 0.1) is 6.92 Å². The molecule has 1 fully saturated rings. The fourth-order valence-electron chi connectivity index (χ4n) is 3.10. The zero-order chi connectivity index (χ0) is 16.5. The second kappa shape index (κ2) is 6.24. The van der Waals surface area contributed by atoms with Gasteiger partial charge >= 0.3 is 0 Å². The number of amides is 1. The Morgan fingerprint density at radius 1 is 1.46 bits per heavy atom. The van der Waals surface area contributed by atoms with Crippen molar-refractivity contribution >= 4 is 17.2 Å². The van der Waals surface area contributed by atoms with Gasteiger partial charge in [-0.15, -0.1) is 11.3 Å². The minimum Gasteiger partial charge on any atom is -0.462 e. The van der Waals surface area contributed by atoms with Crippen molar-refractivity contribution in [2.45, 2.75) is 32.4 Å². The highest BCUT2D eigenvalue weighted by Crippen LogP contribution is 2.28. The molecule has 1 atom stereocenters. The topological polar surface area (TPSA) is 64.2 Å². The van der Waals surface area contributed by atoms with Gasteiger partial charge in [-0.3, -0.25) is 9.48 Å². The molecular weight excluding hydrogens is 324 g/mol. The van der Waals surface area contributed by atoms with Crippen LogP contribution < -0.4 is 0 Å². The van der Waals surface area contributed by atoms with E-state index in [2.05, 4.69) is 10.1 Å². The summed E-state index contributed by atoms with van der Waals surface area (Å²) in [6.07, 6.45) is 9.16. The molecule has 0 radical (unpaired) electrons.